The third-order valence-corrected chi connectivity index (χ3v) is 7.66. The zero-order chi connectivity index (χ0) is 30.1. The molecule has 2 saturated heterocycles. The maximum Gasteiger partial charge on any atom is 0.411 e. The summed E-state index contributed by atoms with van der Waals surface area (Å²) in [5.41, 5.74) is 3.27. The van der Waals surface area contributed by atoms with Crippen molar-refractivity contribution in [2.75, 3.05) is 10.6 Å². The second kappa shape index (κ2) is 11.6. The van der Waals surface area contributed by atoms with E-state index >= 15 is 0 Å². The number of nitrogens with one attached hydrogen (secondary N) is 4. The van der Waals surface area contributed by atoms with Crippen LogP contribution in [0.4, 0.5) is 21.0 Å². The molecule has 2 aliphatic heterocycles. The molecule has 224 valence electrons. The molecular formula is C33H48N4O4. The summed E-state index contributed by atoms with van der Waals surface area (Å²) in [6, 6.07) is 15.6. The molecule has 0 atom stereocenters. The molecular weight excluding hydrogens is 516 g/mol. The molecule has 0 aliphatic carbocycles. The summed E-state index contributed by atoms with van der Waals surface area (Å²) in [6.45, 7) is 17.1. The molecule has 2 fully saturated rings. The van der Waals surface area contributed by atoms with Gasteiger partial charge in [0.25, 0.3) is 0 Å². The number of amides is 2. The lowest BCUT2D eigenvalue weighted by Gasteiger charge is -2.45. The van der Waals surface area contributed by atoms with E-state index in [1.54, 1.807) is 0 Å². The van der Waals surface area contributed by atoms with E-state index in [4.69, 9.17) is 9.47 Å². The maximum absolute atomic E-state index is 12.6. The normalized spacial score (nSPS) is 21.5. The Morgan fingerprint density at radius 2 is 0.902 bits per heavy atom. The standard InChI is InChI=1S/C33H48N4O4/c1-30(2)18-26(19-31(3,4)36-30)40-28(38)34-24-13-9-22(10-14-24)17-23-11-15-25(16-12-23)35-29(39)41-27-20-32(5,6)37-33(7,8)21-27/h9-16,26-27,36-37H,17-21H2,1-8H3,(H,34,38)(H,35,39). The topological polar surface area (TPSA) is 101 Å². The van der Waals surface area contributed by atoms with Crippen molar-refractivity contribution in [2.24, 2.45) is 0 Å². The van der Waals surface area contributed by atoms with E-state index < -0.39 is 12.2 Å². The monoisotopic (exact) mass is 564 g/mol. The highest BCUT2D eigenvalue weighted by atomic mass is 16.6. The van der Waals surface area contributed by atoms with Crippen LogP contribution in [0.3, 0.4) is 0 Å². The number of piperidine rings is 2. The van der Waals surface area contributed by atoms with Gasteiger partial charge in [-0.3, -0.25) is 10.6 Å². The molecule has 2 aromatic carbocycles. The molecule has 4 rings (SSSR count). The minimum atomic E-state index is -0.426. The quantitative estimate of drug-likeness (QED) is 0.302. The van der Waals surface area contributed by atoms with E-state index in [9.17, 15) is 9.59 Å². The number of hydrogen-bond acceptors (Lipinski definition) is 6. The third-order valence-electron chi connectivity index (χ3n) is 7.66. The Bertz CT molecular complexity index is 1090. The lowest BCUT2D eigenvalue weighted by molar-refractivity contribution is 0.0245. The van der Waals surface area contributed by atoms with Gasteiger partial charge in [-0.2, -0.15) is 0 Å². The van der Waals surface area contributed by atoms with Gasteiger partial charge in [0.2, 0.25) is 0 Å². The van der Waals surface area contributed by atoms with E-state index in [0.717, 1.165) is 43.2 Å². The van der Waals surface area contributed by atoms with E-state index in [1.165, 1.54) is 0 Å². The van der Waals surface area contributed by atoms with E-state index in [-0.39, 0.29) is 34.4 Å². The van der Waals surface area contributed by atoms with Crippen molar-refractivity contribution in [2.45, 2.75) is 122 Å². The molecule has 8 heteroatoms. The molecule has 0 unspecified atom stereocenters. The van der Waals surface area contributed by atoms with Crippen LogP contribution in [0.25, 0.3) is 0 Å². The second-order valence-electron chi connectivity index (χ2n) is 14.5. The zero-order valence-corrected chi connectivity index (χ0v) is 25.9. The predicted molar refractivity (Wildman–Crippen MR) is 165 cm³/mol. The van der Waals surface area contributed by atoms with Crippen molar-refractivity contribution in [3.05, 3.63) is 59.7 Å². The Morgan fingerprint density at radius 3 is 1.20 bits per heavy atom. The van der Waals surface area contributed by atoms with Crippen molar-refractivity contribution < 1.29 is 19.1 Å². The highest BCUT2D eigenvalue weighted by Gasteiger charge is 2.40. The fourth-order valence-electron chi connectivity index (χ4n) is 6.87. The number of anilines is 2. The van der Waals surface area contributed by atoms with Gasteiger partial charge >= 0.3 is 12.2 Å². The smallest absolute Gasteiger partial charge is 0.411 e. The van der Waals surface area contributed by atoms with Gasteiger partial charge in [-0.1, -0.05) is 24.3 Å². The van der Waals surface area contributed by atoms with Gasteiger partial charge in [-0.05, 0) is 97.2 Å². The highest BCUT2D eigenvalue weighted by Crippen LogP contribution is 2.32. The van der Waals surface area contributed by atoms with Gasteiger partial charge < -0.3 is 20.1 Å². The van der Waals surface area contributed by atoms with Crippen LogP contribution < -0.4 is 21.3 Å². The van der Waals surface area contributed by atoms with Gasteiger partial charge in [0.15, 0.2) is 0 Å². The van der Waals surface area contributed by atoms with Gasteiger partial charge in [-0.25, -0.2) is 9.59 Å². The fourth-order valence-corrected chi connectivity index (χ4v) is 6.87. The number of hydrogen-bond donors (Lipinski definition) is 4. The lowest BCUT2D eigenvalue weighted by Crippen LogP contribution is -2.59. The lowest BCUT2D eigenvalue weighted by atomic mass is 9.81. The Labute approximate surface area is 245 Å². The zero-order valence-electron chi connectivity index (χ0n) is 25.9. The van der Waals surface area contributed by atoms with Crippen LogP contribution in [0.15, 0.2) is 48.5 Å². The minimum Gasteiger partial charge on any atom is -0.446 e. The van der Waals surface area contributed by atoms with E-state index in [2.05, 4.69) is 76.7 Å². The summed E-state index contributed by atoms with van der Waals surface area (Å²) < 4.78 is 11.5. The third kappa shape index (κ3) is 9.47. The van der Waals surface area contributed by atoms with Gasteiger partial charge in [0, 0.05) is 59.2 Å². The molecule has 4 N–H and O–H groups in total. The number of benzene rings is 2. The largest absolute Gasteiger partial charge is 0.446 e. The molecule has 0 bridgehead atoms. The van der Waals surface area contributed by atoms with E-state index in [0.29, 0.717) is 11.4 Å². The van der Waals surface area contributed by atoms with Crippen LogP contribution in [0.5, 0.6) is 0 Å². The number of carbonyl (C=O) groups is 2. The molecule has 2 aromatic rings. The first-order chi connectivity index (χ1) is 19.0. The molecule has 2 amide bonds. The Hall–Kier alpha value is -3.10. The number of ether oxygens (including phenoxy) is 2. The van der Waals surface area contributed by atoms with Gasteiger partial charge in [-0.15, -0.1) is 0 Å². The van der Waals surface area contributed by atoms with Crippen molar-refractivity contribution in [3.8, 4) is 0 Å². The van der Waals surface area contributed by atoms with Crippen LogP contribution in [-0.2, 0) is 15.9 Å². The van der Waals surface area contributed by atoms with Crippen LogP contribution in [0.1, 0.15) is 92.2 Å². The maximum atomic E-state index is 12.6. The average molecular weight is 565 g/mol. The number of rotatable bonds is 6. The van der Waals surface area contributed by atoms with Crippen molar-refractivity contribution in [3.63, 3.8) is 0 Å². The molecule has 8 nitrogen and oxygen atoms in total. The fraction of sp³-hybridized carbons (Fsp3) is 0.576. The minimum absolute atomic E-state index is 0.0896. The summed E-state index contributed by atoms with van der Waals surface area (Å²) in [5, 5.41) is 12.9. The number of carbonyl (C=O) groups excluding carboxylic acids is 2. The summed E-state index contributed by atoms with van der Waals surface area (Å²) in [7, 11) is 0. The first-order valence-electron chi connectivity index (χ1n) is 14.7. The SMILES string of the molecule is CC1(C)CC(OC(=O)Nc2ccc(Cc3ccc(NC(=O)OC4CC(C)(C)NC(C)(C)C4)cc3)cc2)CC(C)(C)N1. The first-order valence-corrected chi connectivity index (χ1v) is 14.7. The average Bonchev–Trinajstić information content (AvgIpc) is 2.77. The molecule has 0 saturated carbocycles. The van der Waals surface area contributed by atoms with Gasteiger partial charge in [0.1, 0.15) is 12.2 Å². The van der Waals surface area contributed by atoms with Crippen LogP contribution >= 0.6 is 0 Å². The van der Waals surface area contributed by atoms with E-state index in [1.807, 2.05) is 48.5 Å². The van der Waals surface area contributed by atoms with Gasteiger partial charge in [0.05, 0.1) is 0 Å². The van der Waals surface area contributed by atoms with Crippen LogP contribution in [0, 0.1) is 0 Å². The molecule has 0 aromatic heterocycles. The summed E-state index contributed by atoms with van der Waals surface area (Å²) in [4.78, 5) is 25.1. The summed E-state index contributed by atoms with van der Waals surface area (Å²) in [5.74, 6) is 0. The summed E-state index contributed by atoms with van der Waals surface area (Å²) >= 11 is 0. The first kappa shape index (κ1) is 30.8. The molecule has 2 heterocycles. The Morgan fingerprint density at radius 1 is 0.610 bits per heavy atom. The van der Waals surface area contributed by atoms with Crippen molar-refractivity contribution in [1.82, 2.24) is 10.6 Å². The summed E-state index contributed by atoms with van der Waals surface area (Å²) in [6.07, 6.45) is 2.69. The molecule has 2 aliphatic rings. The molecule has 0 spiro atoms. The Kier molecular flexibility index (Phi) is 8.76. The molecule has 41 heavy (non-hydrogen) atoms. The van der Waals surface area contributed by atoms with Crippen molar-refractivity contribution in [1.29, 1.82) is 0 Å². The highest BCUT2D eigenvalue weighted by molar-refractivity contribution is 5.85. The Balaban J connectivity index is 1.24. The van der Waals surface area contributed by atoms with Crippen LogP contribution in [0.2, 0.25) is 0 Å². The second-order valence-corrected chi connectivity index (χ2v) is 14.5. The van der Waals surface area contributed by atoms with Crippen molar-refractivity contribution >= 4 is 23.6 Å². The molecule has 0 radical (unpaired) electrons. The van der Waals surface area contributed by atoms with Crippen LogP contribution in [-0.4, -0.2) is 46.6 Å². The predicted octanol–water partition coefficient (Wildman–Crippen LogP) is 6.99.